The van der Waals surface area contributed by atoms with Crippen molar-refractivity contribution in [1.29, 1.82) is 0 Å². The highest BCUT2D eigenvalue weighted by atomic mass is 79.9. The molecule has 2 aromatic rings. The summed E-state index contributed by atoms with van der Waals surface area (Å²) in [4.78, 5) is 0. The molecule has 4 nitrogen and oxygen atoms in total. The first-order valence-corrected chi connectivity index (χ1v) is 9.89. The Hall–Kier alpha value is -1.27. The second kappa shape index (κ2) is 9.60. The molecule has 1 saturated heterocycles. The summed E-state index contributed by atoms with van der Waals surface area (Å²) in [6, 6.07) is 11.5. The maximum atomic E-state index is 6.12. The van der Waals surface area contributed by atoms with Crippen LogP contribution in [0.3, 0.4) is 0 Å². The van der Waals surface area contributed by atoms with Crippen molar-refractivity contribution in [3.05, 3.63) is 57.0 Å². The molecule has 26 heavy (non-hydrogen) atoms. The maximum Gasteiger partial charge on any atom is 0.167 e. The maximum absolute atomic E-state index is 6.12. The lowest BCUT2D eigenvalue weighted by atomic mass is 10.1. The summed E-state index contributed by atoms with van der Waals surface area (Å²) in [5.41, 5.74) is 2.09. The van der Waals surface area contributed by atoms with Crippen molar-refractivity contribution < 1.29 is 14.2 Å². The fourth-order valence-corrected chi connectivity index (χ4v) is 3.54. The van der Waals surface area contributed by atoms with Gasteiger partial charge in [0.15, 0.2) is 11.5 Å². The second-order valence-electron chi connectivity index (χ2n) is 6.24. The monoisotopic (exact) mass is 439 g/mol. The molecule has 1 N–H and O–H groups in total. The van der Waals surface area contributed by atoms with Gasteiger partial charge >= 0.3 is 0 Å². The van der Waals surface area contributed by atoms with Gasteiger partial charge in [-0.05, 0) is 42.7 Å². The summed E-state index contributed by atoms with van der Waals surface area (Å²) in [5, 5.41) is 4.19. The van der Waals surface area contributed by atoms with Crippen molar-refractivity contribution in [2.45, 2.75) is 32.1 Å². The van der Waals surface area contributed by atoms with Crippen LogP contribution in [0.25, 0.3) is 0 Å². The average molecular weight is 441 g/mol. The Kier molecular flexibility index (Phi) is 7.20. The SMILES string of the molecule is COc1ccc(Br)c(CNCC2CCCO2)c1OCc1ccc(Cl)cc1. The fraction of sp³-hybridized carbons (Fsp3) is 0.400. The number of benzene rings is 2. The van der Waals surface area contributed by atoms with Gasteiger partial charge in [0.25, 0.3) is 0 Å². The third-order valence-corrected chi connectivity index (χ3v) is 5.38. The van der Waals surface area contributed by atoms with Gasteiger partial charge in [-0.2, -0.15) is 0 Å². The molecule has 0 bridgehead atoms. The van der Waals surface area contributed by atoms with Crippen molar-refractivity contribution in [3.8, 4) is 11.5 Å². The summed E-state index contributed by atoms with van der Waals surface area (Å²) >= 11 is 9.58. The van der Waals surface area contributed by atoms with E-state index >= 15 is 0 Å². The van der Waals surface area contributed by atoms with Gasteiger partial charge in [-0.15, -0.1) is 0 Å². The highest BCUT2D eigenvalue weighted by Crippen LogP contribution is 2.37. The van der Waals surface area contributed by atoms with E-state index in [-0.39, 0.29) is 0 Å². The van der Waals surface area contributed by atoms with Crippen LogP contribution in [0.5, 0.6) is 11.5 Å². The smallest absolute Gasteiger partial charge is 0.167 e. The van der Waals surface area contributed by atoms with E-state index in [4.69, 9.17) is 25.8 Å². The minimum absolute atomic E-state index is 0.304. The molecule has 0 spiro atoms. The standard InChI is InChI=1S/C20H23BrClNO3/c1-24-19-9-8-18(21)17(12-23-11-16-3-2-10-25-16)20(19)26-13-14-4-6-15(22)7-5-14/h4-9,16,23H,2-3,10-13H2,1H3. The lowest BCUT2D eigenvalue weighted by molar-refractivity contribution is 0.110. The second-order valence-corrected chi connectivity index (χ2v) is 7.53. The molecule has 6 heteroatoms. The topological polar surface area (TPSA) is 39.7 Å². The minimum atomic E-state index is 0.304. The number of ether oxygens (including phenoxy) is 3. The van der Waals surface area contributed by atoms with Gasteiger partial charge in [-0.25, -0.2) is 0 Å². The zero-order valence-corrected chi connectivity index (χ0v) is 17.1. The van der Waals surface area contributed by atoms with Crippen LogP contribution in [-0.4, -0.2) is 26.4 Å². The zero-order valence-electron chi connectivity index (χ0n) is 14.8. The van der Waals surface area contributed by atoms with E-state index in [1.807, 2.05) is 36.4 Å². The van der Waals surface area contributed by atoms with Crippen LogP contribution in [0.2, 0.25) is 5.02 Å². The van der Waals surface area contributed by atoms with E-state index in [0.29, 0.717) is 24.3 Å². The summed E-state index contributed by atoms with van der Waals surface area (Å²) in [7, 11) is 1.65. The van der Waals surface area contributed by atoms with Gasteiger partial charge < -0.3 is 19.5 Å². The molecule has 1 aliphatic heterocycles. The molecule has 0 aliphatic carbocycles. The van der Waals surface area contributed by atoms with Crippen molar-refractivity contribution in [1.82, 2.24) is 5.32 Å². The number of nitrogens with one attached hydrogen (secondary N) is 1. The van der Waals surface area contributed by atoms with Crippen molar-refractivity contribution in [2.24, 2.45) is 0 Å². The van der Waals surface area contributed by atoms with Crippen LogP contribution in [0.1, 0.15) is 24.0 Å². The van der Waals surface area contributed by atoms with E-state index in [9.17, 15) is 0 Å². The average Bonchev–Trinajstić information content (AvgIpc) is 3.16. The molecule has 3 rings (SSSR count). The van der Waals surface area contributed by atoms with Crippen LogP contribution in [0, 0.1) is 0 Å². The fourth-order valence-electron chi connectivity index (χ4n) is 2.97. The van der Waals surface area contributed by atoms with Crippen LogP contribution < -0.4 is 14.8 Å². The molecule has 0 aromatic heterocycles. The highest BCUT2D eigenvalue weighted by Gasteiger charge is 2.18. The van der Waals surface area contributed by atoms with Gasteiger partial charge in [-0.3, -0.25) is 0 Å². The molecule has 0 radical (unpaired) electrons. The lowest BCUT2D eigenvalue weighted by Gasteiger charge is -2.18. The molecule has 1 aliphatic rings. The summed E-state index contributed by atoms with van der Waals surface area (Å²) < 4.78 is 18.3. The Morgan fingerprint density at radius 2 is 2.04 bits per heavy atom. The zero-order chi connectivity index (χ0) is 18.4. The Bertz CT molecular complexity index is 718. The predicted octanol–water partition coefficient (Wildman–Crippen LogP) is 4.96. The Morgan fingerprint density at radius 1 is 1.23 bits per heavy atom. The third-order valence-electron chi connectivity index (χ3n) is 4.38. The van der Waals surface area contributed by atoms with Gasteiger partial charge in [-0.1, -0.05) is 39.7 Å². The van der Waals surface area contributed by atoms with E-state index < -0.39 is 0 Å². The number of halogens is 2. The molecular weight excluding hydrogens is 418 g/mol. The van der Waals surface area contributed by atoms with Gasteiger partial charge in [0.1, 0.15) is 6.61 Å². The first-order chi connectivity index (χ1) is 12.7. The predicted molar refractivity (Wildman–Crippen MR) is 107 cm³/mol. The minimum Gasteiger partial charge on any atom is -0.493 e. The van der Waals surface area contributed by atoms with Gasteiger partial charge in [0, 0.05) is 34.8 Å². The summed E-state index contributed by atoms with van der Waals surface area (Å²) in [6.07, 6.45) is 2.56. The van der Waals surface area contributed by atoms with Crippen LogP contribution in [-0.2, 0) is 17.9 Å². The first-order valence-electron chi connectivity index (χ1n) is 8.72. The van der Waals surface area contributed by atoms with Crippen LogP contribution in [0.15, 0.2) is 40.9 Å². The molecule has 140 valence electrons. The first kappa shape index (κ1) is 19.5. The largest absolute Gasteiger partial charge is 0.493 e. The normalized spacial score (nSPS) is 16.7. The molecule has 0 amide bonds. The quantitative estimate of drug-likeness (QED) is 0.630. The molecule has 1 heterocycles. The molecule has 1 atom stereocenters. The Labute approximate surface area is 167 Å². The number of methoxy groups -OCH3 is 1. The summed E-state index contributed by atoms with van der Waals surface area (Å²) in [5.74, 6) is 1.47. The van der Waals surface area contributed by atoms with Crippen molar-refractivity contribution in [3.63, 3.8) is 0 Å². The van der Waals surface area contributed by atoms with E-state index in [0.717, 1.165) is 53.1 Å². The van der Waals surface area contributed by atoms with E-state index in [1.165, 1.54) is 0 Å². The highest BCUT2D eigenvalue weighted by molar-refractivity contribution is 9.10. The molecule has 1 unspecified atom stereocenters. The Balaban J connectivity index is 1.70. The van der Waals surface area contributed by atoms with Crippen LogP contribution >= 0.6 is 27.5 Å². The molecule has 0 saturated carbocycles. The summed E-state index contributed by atoms with van der Waals surface area (Å²) in [6.45, 7) is 2.82. The number of rotatable bonds is 8. The van der Waals surface area contributed by atoms with Crippen LogP contribution in [0.4, 0.5) is 0 Å². The van der Waals surface area contributed by atoms with Gasteiger partial charge in [0.2, 0.25) is 0 Å². The van der Waals surface area contributed by atoms with Gasteiger partial charge in [0.05, 0.1) is 13.2 Å². The lowest BCUT2D eigenvalue weighted by Crippen LogP contribution is -2.26. The Morgan fingerprint density at radius 3 is 2.73 bits per heavy atom. The third kappa shape index (κ3) is 5.13. The molecule has 2 aromatic carbocycles. The molecular formula is C20H23BrClNO3. The van der Waals surface area contributed by atoms with E-state index in [1.54, 1.807) is 7.11 Å². The number of hydrogen-bond donors (Lipinski definition) is 1. The van der Waals surface area contributed by atoms with Crippen molar-refractivity contribution >= 4 is 27.5 Å². The molecule has 1 fully saturated rings. The van der Waals surface area contributed by atoms with E-state index in [2.05, 4.69) is 21.2 Å². The van der Waals surface area contributed by atoms with Crippen molar-refractivity contribution in [2.75, 3.05) is 20.3 Å². The number of hydrogen-bond acceptors (Lipinski definition) is 4.